The molecule has 0 aliphatic rings. The van der Waals surface area contributed by atoms with Crippen molar-refractivity contribution in [3.05, 3.63) is 54.7 Å². The normalized spacial score (nSPS) is 11.1. The number of hydrogen-bond donors (Lipinski definition) is 2. The van der Waals surface area contributed by atoms with Gasteiger partial charge in [-0.15, -0.1) is 5.10 Å². The number of imidazole rings is 1. The molecule has 1 amide bonds. The monoisotopic (exact) mass is 502 g/mol. The predicted molar refractivity (Wildman–Crippen MR) is 136 cm³/mol. The first-order chi connectivity index (χ1) is 18.0. The first kappa shape index (κ1) is 23.9. The molecule has 0 saturated heterocycles. The zero-order valence-corrected chi connectivity index (χ0v) is 20.8. The fourth-order valence-corrected chi connectivity index (χ4v) is 3.91. The molecule has 0 aromatic carbocycles. The first-order valence-corrected chi connectivity index (χ1v) is 11.4. The van der Waals surface area contributed by atoms with Gasteiger partial charge in [0.15, 0.2) is 11.6 Å². The number of fused-ring (bicyclic) bond motifs is 1. The largest absolute Gasteiger partial charge is 0.497 e. The summed E-state index contributed by atoms with van der Waals surface area (Å²) in [6.45, 7) is 0.704. The summed E-state index contributed by atoms with van der Waals surface area (Å²) in [6.07, 6.45) is 8.68. The van der Waals surface area contributed by atoms with E-state index in [0.717, 1.165) is 0 Å². The Morgan fingerprint density at radius 3 is 2.65 bits per heavy atom. The van der Waals surface area contributed by atoms with E-state index in [9.17, 15) is 4.79 Å². The molecule has 0 saturated carbocycles. The number of nitrogens with zero attached hydrogens (tertiary/aromatic N) is 8. The van der Waals surface area contributed by atoms with Crippen LogP contribution in [0.15, 0.2) is 49.2 Å². The van der Waals surface area contributed by atoms with Crippen LogP contribution in [0.4, 0.5) is 11.6 Å². The lowest BCUT2D eigenvalue weighted by Crippen LogP contribution is -2.27. The molecule has 0 fully saturated rings. The van der Waals surface area contributed by atoms with Gasteiger partial charge in [0.25, 0.3) is 5.91 Å². The molecule has 0 bridgehead atoms. The van der Waals surface area contributed by atoms with E-state index in [1.165, 1.54) is 0 Å². The number of anilines is 2. The van der Waals surface area contributed by atoms with E-state index in [1.807, 2.05) is 37.1 Å². The number of nitrogens with one attached hydrogen (secondary N) is 2. The molecule has 0 unspecified atom stereocenters. The van der Waals surface area contributed by atoms with Gasteiger partial charge >= 0.3 is 0 Å². The van der Waals surface area contributed by atoms with Crippen LogP contribution in [0, 0.1) is 0 Å². The first-order valence-electron chi connectivity index (χ1n) is 11.4. The molecule has 37 heavy (non-hydrogen) atoms. The Morgan fingerprint density at radius 1 is 1.08 bits per heavy atom. The third-order valence-electron chi connectivity index (χ3n) is 5.67. The van der Waals surface area contributed by atoms with Crippen molar-refractivity contribution in [2.24, 2.45) is 14.1 Å². The molecule has 0 aliphatic heterocycles. The maximum Gasteiger partial charge on any atom is 0.254 e. The highest BCUT2D eigenvalue weighted by Gasteiger charge is 2.26. The van der Waals surface area contributed by atoms with Crippen molar-refractivity contribution in [2.75, 3.05) is 32.7 Å². The number of methoxy groups -OCH3 is 2. The predicted octanol–water partition coefficient (Wildman–Crippen LogP) is 2.05. The topological polar surface area (TPSA) is 138 Å². The highest BCUT2D eigenvalue weighted by molar-refractivity contribution is 6.09. The molecule has 13 nitrogen and oxygen atoms in total. The van der Waals surface area contributed by atoms with Crippen LogP contribution in [0.25, 0.3) is 28.4 Å². The second kappa shape index (κ2) is 10.1. The molecule has 5 aromatic heterocycles. The molecule has 0 spiro atoms. The molecule has 0 atom stereocenters. The Balaban J connectivity index is 1.74. The third kappa shape index (κ3) is 4.71. The van der Waals surface area contributed by atoms with Gasteiger partial charge in [0.2, 0.25) is 5.82 Å². The van der Waals surface area contributed by atoms with E-state index in [4.69, 9.17) is 19.6 Å². The van der Waals surface area contributed by atoms with Gasteiger partial charge in [-0.2, -0.15) is 5.10 Å². The molecular formula is C24H26N10O3. The Hall–Kier alpha value is -4.78. The molecule has 13 heteroatoms. The minimum absolute atomic E-state index is 0.310. The van der Waals surface area contributed by atoms with E-state index in [-0.39, 0.29) is 5.91 Å². The van der Waals surface area contributed by atoms with E-state index >= 15 is 0 Å². The molecule has 0 radical (unpaired) electrons. The Morgan fingerprint density at radius 2 is 1.95 bits per heavy atom. The SMILES string of the molecule is COCCNC(=O)c1c(-c2ccn(C)n2)cn2nc(-c3nccn3C)nc(Nc3cc(OC)ccn3)c12. The van der Waals surface area contributed by atoms with Gasteiger partial charge in [0.1, 0.15) is 17.1 Å². The summed E-state index contributed by atoms with van der Waals surface area (Å²) >= 11 is 0. The molecule has 190 valence electrons. The van der Waals surface area contributed by atoms with E-state index in [1.54, 1.807) is 54.1 Å². The number of pyridine rings is 1. The number of aromatic nitrogens is 8. The van der Waals surface area contributed by atoms with Gasteiger partial charge in [-0.05, 0) is 12.1 Å². The minimum Gasteiger partial charge on any atom is -0.497 e. The van der Waals surface area contributed by atoms with Crippen molar-refractivity contribution in [3.8, 4) is 28.7 Å². The van der Waals surface area contributed by atoms with Crippen molar-refractivity contribution in [1.82, 2.24) is 44.2 Å². The fourth-order valence-electron chi connectivity index (χ4n) is 3.91. The number of carbonyl (C=O) groups is 1. The van der Waals surface area contributed by atoms with Gasteiger partial charge in [-0.3, -0.25) is 9.48 Å². The molecule has 5 rings (SSSR count). The van der Waals surface area contributed by atoms with Gasteiger partial charge in [-0.1, -0.05) is 0 Å². The quantitative estimate of drug-likeness (QED) is 0.290. The number of aryl methyl sites for hydroxylation is 2. The maximum absolute atomic E-state index is 13.5. The summed E-state index contributed by atoms with van der Waals surface area (Å²) < 4.78 is 15.6. The van der Waals surface area contributed by atoms with E-state index in [2.05, 4.69) is 25.7 Å². The smallest absolute Gasteiger partial charge is 0.254 e. The average molecular weight is 503 g/mol. The van der Waals surface area contributed by atoms with E-state index in [0.29, 0.717) is 64.5 Å². The van der Waals surface area contributed by atoms with Crippen LogP contribution in [0.3, 0.4) is 0 Å². The van der Waals surface area contributed by atoms with Crippen molar-refractivity contribution in [3.63, 3.8) is 0 Å². The minimum atomic E-state index is -0.310. The highest BCUT2D eigenvalue weighted by atomic mass is 16.5. The molecule has 2 N–H and O–H groups in total. The highest BCUT2D eigenvalue weighted by Crippen LogP contribution is 2.33. The number of carbonyl (C=O) groups excluding carboxylic acids is 1. The number of ether oxygens (including phenoxy) is 2. The summed E-state index contributed by atoms with van der Waals surface area (Å²) in [6, 6.07) is 5.32. The zero-order chi connectivity index (χ0) is 25.9. The standard InChI is InChI=1S/C24H26N10O3/c1-32-11-8-26-23(32)22-29-21(28-18-13-15(37-4)5-7-25-18)20-19(24(35)27-9-12-36-3)16(14-34(20)31-22)17-6-10-33(2)30-17/h5-8,10-11,13-14H,9,12H2,1-4H3,(H,27,35)(H,25,28,29,31). The lowest BCUT2D eigenvalue weighted by atomic mass is 10.1. The Labute approximate surface area is 212 Å². The fraction of sp³-hybridized carbons (Fsp3) is 0.250. The zero-order valence-electron chi connectivity index (χ0n) is 20.8. The van der Waals surface area contributed by atoms with Crippen LogP contribution in [0.2, 0.25) is 0 Å². The van der Waals surface area contributed by atoms with Gasteiger partial charge in [-0.25, -0.2) is 19.5 Å². The lowest BCUT2D eigenvalue weighted by Gasteiger charge is -2.12. The summed E-state index contributed by atoms with van der Waals surface area (Å²) in [5, 5.41) is 15.4. The van der Waals surface area contributed by atoms with Crippen LogP contribution in [-0.4, -0.2) is 72.2 Å². The van der Waals surface area contributed by atoms with Gasteiger partial charge < -0.3 is 24.7 Å². The van der Waals surface area contributed by atoms with Crippen molar-refractivity contribution in [2.45, 2.75) is 0 Å². The molecular weight excluding hydrogens is 476 g/mol. The molecule has 0 aliphatic carbocycles. The van der Waals surface area contributed by atoms with Crippen LogP contribution in [0.5, 0.6) is 5.75 Å². The third-order valence-corrected chi connectivity index (χ3v) is 5.67. The van der Waals surface area contributed by atoms with Gasteiger partial charge in [0, 0.05) is 70.4 Å². The molecule has 5 aromatic rings. The molecule has 5 heterocycles. The van der Waals surface area contributed by atoms with Crippen molar-refractivity contribution >= 4 is 23.1 Å². The average Bonchev–Trinajstić information content (AvgIpc) is 3.62. The lowest BCUT2D eigenvalue weighted by molar-refractivity contribution is 0.0939. The van der Waals surface area contributed by atoms with Crippen LogP contribution >= 0.6 is 0 Å². The number of rotatable bonds is 9. The van der Waals surface area contributed by atoms with Gasteiger partial charge in [0.05, 0.1) is 25.0 Å². The van der Waals surface area contributed by atoms with Crippen molar-refractivity contribution < 1.29 is 14.3 Å². The maximum atomic E-state index is 13.5. The number of amides is 1. The second-order valence-electron chi connectivity index (χ2n) is 8.19. The Kier molecular flexibility index (Phi) is 6.51. The van der Waals surface area contributed by atoms with E-state index < -0.39 is 0 Å². The summed E-state index contributed by atoms with van der Waals surface area (Å²) in [4.78, 5) is 27.1. The van der Waals surface area contributed by atoms with Crippen molar-refractivity contribution in [1.29, 1.82) is 0 Å². The van der Waals surface area contributed by atoms with Crippen LogP contribution < -0.4 is 15.4 Å². The van der Waals surface area contributed by atoms with Crippen LogP contribution in [-0.2, 0) is 18.8 Å². The summed E-state index contributed by atoms with van der Waals surface area (Å²) in [5.74, 6) is 2.08. The summed E-state index contributed by atoms with van der Waals surface area (Å²) in [5.41, 5.74) is 2.04. The number of hydrogen-bond acceptors (Lipinski definition) is 9. The summed E-state index contributed by atoms with van der Waals surface area (Å²) in [7, 11) is 6.83. The Bertz CT molecular complexity index is 1570. The second-order valence-corrected chi connectivity index (χ2v) is 8.19. The van der Waals surface area contributed by atoms with Crippen LogP contribution in [0.1, 0.15) is 10.4 Å².